The van der Waals surface area contributed by atoms with Gasteiger partial charge in [0, 0.05) is 37.6 Å². The second-order valence-electron chi connectivity index (χ2n) is 7.52. The molecule has 1 spiro atoms. The number of ether oxygens (including phenoxy) is 2. The van der Waals surface area contributed by atoms with Crippen molar-refractivity contribution in [2.24, 2.45) is 5.41 Å². The molecule has 6 heteroatoms. The number of aromatic nitrogens is 1. The van der Waals surface area contributed by atoms with Crippen LogP contribution in [0.5, 0.6) is 11.5 Å². The van der Waals surface area contributed by atoms with E-state index in [1.54, 1.807) is 13.3 Å². The van der Waals surface area contributed by atoms with Gasteiger partial charge < -0.3 is 14.8 Å². The maximum absolute atomic E-state index is 6.02. The van der Waals surface area contributed by atoms with E-state index in [1.165, 1.54) is 44.6 Å². The molecule has 1 atom stereocenters. The summed E-state index contributed by atoms with van der Waals surface area (Å²) in [7, 11) is 1.68. The van der Waals surface area contributed by atoms with Gasteiger partial charge in [-0.2, -0.15) is 0 Å². The van der Waals surface area contributed by atoms with Crippen molar-refractivity contribution in [3.05, 3.63) is 53.9 Å². The lowest BCUT2D eigenvalue weighted by Gasteiger charge is -2.23. The quantitative estimate of drug-likeness (QED) is 0.821. The number of methoxy groups -OCH3 is 1. The van der Waals surface area contributed by atoms with Crippen molar-refractivity contribution in [2.45, 2.75) is 26.0 Å². The van der Waals surface area contributed by atoms with Gasteiger partial charge in [0.2, 0.25) is 0 Å². The monoisotopic (exact) mass is 389 g/mol. The summed E-state index contributed by atoms with van der Waals surface area (Å²) < 4.78 is 11.5. The maximum atomic E-state index is 6.02. The van der Waals surface area contributed by atoms with Gasteiger partial charge in [0.15, 0.2) is 11.5 Å². The standard InChI is InChI=1S/C21H27N3O2.ClH/c1-25-19-5-4-17(11-20(19)26-14-18-3-2-8-22-12-18)13-24-10-7-21(16-24)6-9-23-15-21;/h2-5,8,11-12,23H,6-7,9-10,13-16H2,1H3;1H. The van der Waals surface area contributed by atoms with E-state index in [4.69, 9.17) is 9.47 Å². The topological polar surface area (TPSA) is 46.6 Å². The predicted molar refractivity (Wildman–Crippen MR) is 109 cm³/mol. The molecule has 146 valence electrons. The van der Waals surface area contributed by atoms with E-state index in [2.05, 4.69) is 27.3 Å². The van der Waals surface area contributed by atoms with Gasteiger partial charge in [-0.05, 0) is 55.1 Å². The fraction of sp³-hybridized carbons (Fsp3) is 0.476. The fourth-order valence-electron chi connectivity index (χ4n) is 4.14. The smallest absolute Gasteiger partial charge is 0.161 e. The minimum atomic E-state index is 0. The van der Waals surface area contributed by atoms with Gasteiger partial charge in [0.05, 0.1) is 7.11 Å². The Morgan fingerprint density at radius 1 is 1.19 bits per heavy atom. The van der Waals surface area contributed by atoms with Gasteiger partial charge in [0.25, 0.3) is 0 Å². The van der Waals surface area contributed by atoms with Crippen LogP contribution in [0.2, 0.25) is 0 Å². The number of hydrogen-bond acceptors (Lipinski definition) is 5. The van der Waals surface area contributed by atoms with E-state index < -0.39 is 0 Å². The van der Waals surface area contributed by atoms with Crippen LogP contribution < -0.4 is 14.8 Å². The lowest BCUT2D eigenvalue weighted by atomic mass is 9.86. The first-order valence-electron chi connectivity index (χ1n) is 9.38. The minimum Gasteiger partial charge on any atom is -0.493 e. The zero-order valence-corrected chi connectivity index (χ0v) is 16.6. The SMILES string of the molecule is COc1ccc(CN2CCC3(CCNC3)C2)cc1OCc1cccnc1.Cl. The molecule has 2 aromatic rings. The van der Waals surface area contributed by atoms with Crippen molar-refractivity contribution in [1.82, 2.24) is 15.2 Å². The van der Waals surface area contributed by atoms with Crippen molar-refractivity contribution in [2.75, 3.05) is 33.3 Å². The number of nitrogens with one attached hydrogen (secondary N) is 1. The lowest BCUT2D eigenvalue weighted by Crippen LogP contribution is -2.28. The molecule has 0 amide bonds. The average Bonchev–Trinajstić information content (AvgIpc) is 3.30. The first-order valence-corrected chi connectivity index (χ1v) is 9.38. The van der Waals surface area contributed by atoms with Crippen molar-refractivity contribution in [1.29, 1.82) is 0 Å². The fourth-order valence-corrected chi connectivity index (χ4v) is 4.14. The second-order valence-corrected chi connectivity index (χ2v) is 7.52. The minimum absolute atomic E-state index is 0. The summed E-state index contributed by atoms with van der Waals surface area (Å²) in [5, 5.41) is 3.53. The normalized spacial score (nSPS) is 22.0. The van der Waals surface area contributed by atoms with Gasteiger partial charge in [-0.3, -0.25) is 9.88 Å². The highest BCUT2D eigenvalue weighted by molar-refractivity contribution is 5.85. The van der Waals surface area contributed by atoms with Crippen LogP contribution in [0.15, 0.2) is 42.7 Å². The van der Waals surface area contributed by atoms with Gasteiger partial charge in [0.1, 0.15) is 6.61 Å². The van der Waals surface area contributed by atoms with E-state index in [9.17, 15) is 0 Å². The summed E-state index contributed by atoms with van der Waals surface area (Å²) in [6.07, 6.45) is 6.22. The second kappa shape index (κ2) is 8.91. The van der Waals surface area contributed by atoms with Crippen molar-refractivity contribution < 1.29 is 9.47 Å². The zero-order chi connectivity index (χ0) is 17.8. The first kappa shape index (κ1) is 19.9. The molecule has 5 nitrogen and oxygen atoms in total. The third kappa shape index (κ3) is 4.72. The van der Waals surface area contributed by atoms with Crippen LogP contribution in [0.1, 0.15) is 24.0 Å². The summed E-state index contributed by atoms with van der Waals surface area (Å²) in [6.45, 7) is 6.17. The van der Waals surface area contributed by atoms with Gasteiger partial charge >= 0.3 is 0 Å². The molecule has 1 N–H and O–H groups in total. The molecule has 2 saturated heterocycles. The van der Waals surface area contributed by atoms with E-state index in [0.29, 0.717) is 12.0 Å². The molecule has 1 unspecified atom stereocenters. The third-order valence-electron chi connectivity index (χ3n) is 5.60. The molecule has 1 aromatic heterocycles. The third-order valence-corrected chi connectivity index (χ3v) is 5.60. The average molecular weight is 390 g/mol. The summed E-state index contributed by atoms with van der Waals surface area (Å²) in [5.41, 5.74) is 2.83. The summed E-state index contributed by atoms with van der Waals surface area (Å²) in [4.78, 5) is 6.71. The van der Waals surface area contributed by atoms with Gasteiger partial charge in [-0.15, -0.1) is 12.4 Å². The van der Waals surface area contributed by atoms with Gasteiger partial charge in [-0.25, -0.2) is 0 Å². The molecular weight excluding hydrogens is 362 g/mol. The lowest BCUT2D eigenvalue weighted by molar-refractivity contribution is 0.265. The van der Waals surface area contributed by atoms with E-state index in [1.807, 2.05) is 24.4 Å². The van der Waals surface area contributed by atoms with Crippen LogP contribution in [0.3, 0.4) is 0 Å². The number of halogens is 1. The molecule has 27 heavy (non-hydrogen) atoms. The molecule has 2 aliphatic rings. The Morgan fingerprint density at radius 2 is 2.11 bits per heavy atom. The Labute approximate surface area is 167 Å². The van der Waals surface area contributed by atoms with Crippen molar-refractivity contribution in [3.8, 4) is 11.5 Å². The Morgan fingerprint density at radius 3 is 2.85 bits per heavy atom. The molecular formula is C21H28ClN3O2. The van der Waals surface area contributed by atoms with E-state index >= 15 is 0 Å². The zero-order valence-electron chi connectivity index (χ0n) is 15.8. The number of nitrogens with zero attached hydrogens (tertiary/aromatic N) is 2. The molecule has 0 radical (unpaired) electrons. The van der Waals surface area contributed by atoms with Crippen LogP contribution in [0.4, 0.5) is 0 Å². The highest BCUT2D eigenvalue weighted by Gasteiger charge is 2.40. The molecule has 1 aromatic carbocycles. The number of rotatable bonds is 6. The summed E-state index contributed by atoms with van der Waals surface area (Å²) in [6, 6.07) is 10.2. The van der Waals surface area contributed by atoms with Crippen LogP contribution in [-0.4, -0.2) is 43.2 Å². The first-order chi connectivity index (χ1) is 12.8. The summed E-state index contributed by atoms with van der Waals surface area (Å²) >= 11 is 0. The number of pyridine rings is 1. The highest BCUT2D eigenvalue weighted by atomic mass is 35.5. The molecule has 0 saturated carbocycles. The molecule has 0 aliphatic carbocycles. The molecule has 4 rings (SSSR count). The molecule has 2 fully saturated rings. The van der Waals surface area contributed by atoms with Crippen molar-refractivity contribution in [3.63, 3.8) is 0 Å². The Kier molecular flexibility index (Phi) is 6.58. The number of benzene rings is 1. The predicted octanol–water partition coefficient (Wildman–Crippen LogP) is 3.28. The Balaban J connectivity index is 0.00000210. The summed E-state index contributed by atoms with van der Waals surface area (Å²) in [5.74, 6) is 1.57. The van der Waals surface area contributed by atoms with E-state index in [0.717, 1.165) is 23.6 Å². The largest absolute Gasteiger partial charge is 0.493 e. The van der Waals surface area contributed by atoms with E-state index in [-0.39, 0.29) is 12.4 Å². The number of hydrogen-bond donors (Lipinski definition) is 1. The van der Waals surface area contributed by atoms with Crippen LogP contribution in [0, 0.1) is 5.41 Å². The van der Waals surface area contributed by atoms with Crippen LogP contribution in [-0.2, 0) is 13.2 Å². The van der Waals surface area contributed by atoms with Crippen molar-refractivity contribution >= 4 is 12.4 Å². The van der Waals surface area contributed by atoms with Crippen LogP contribution in [0.25, 0.3) is 0 Å². The maximum Gasteiger partial charge on any atom is 0.161 e. The highest BCUT2D eigenvalue weighted by Crippen LogP contribution is 2.37. The van der Waals surface area contributed by atoms with Crippen LogP contribution >= 0.6 is 12.4 Å². The Bertz CT molecular complexity index is 735. The molecule has 3 heterocycles. The molecule has 2 aliphatic heterocycles. The molecule has 0 bridgehead atoms. The Hall–Kier alpha value is -1.82. The number of likely N-dealkylation sites (tertiary alicyclic amines) is 1. The van der Waals surface area contributed by atoms with Gasteiger partial charge in [-0.1, -0.05) is 12.1 Å².